The number of hydrogen-bond acceptors (Lipinski definition) is 5. The third-order valence-electron chi connectivity index (χ3n) is 4.07. The van der Waals surface area contributed by atoms with Crippen LogP contribution < -0.4 is 14.8 Å². The smallest absolute Gasteiger partial charge is 0.338 e. The number of esters is 1. The number of para-hydroxylation sites is 1. The van der Waals surface area contributed by atoms with Crippen LogP contribution in [0.15, 0.2) is 30.3 Å². The molecule has 0 bridgehead atoms. The zero-order valence-electron chi connectivity index (χ0n) is 13.4. The van der Waals surface area contributed by atoms with Crippen molar-refractivity contribution in [2.45, 2.75) is 6.42 Å². The summed E-state index contributed by atoms with van der Waals surface area (Å²) in [6.07, 6.45) is 0.976. The number of rotatable bonds is 4. The molecule has 120 valence electrons. The number of methoxy groups -OCH3 is 3. The SMILES string of the molecule is COC(=O)c1cc(OC)c(OC)cc1-c1cccc2c1NCC2. The number of carbonyl (C=O) groups excluding carboxylic acids is 1. The van der Waals surface area contributed by atoms with E-state index >= 15 is 0 Å². The molecule has 0 radical (unpaired) electrons. The molecule has 1 heterocycles. The molecule has 2 aromatic carbocycles. The number of fused-ring (bicyclic) bond motifs is 1. The lowest BCUT2D eigenvalue weighted by molar-refractivity contribution is 0.0601. The molecular formula is C18H19NO4. The van der Waals surface area contributed by atoms with Gasteiger partial charge < -0.3 is 19.5 Å². The fourth-order valence-electron chi connectivity index (χ4n) is 2.94. The van der Waals surface area contributed by atoms with E-state index in [1.165, 1.54) is 12.7 Å². The van der Waals surface area contributed by atoms with Crippen molar-refractivity contribution in [2.75, 3.05) is 33.2 Å². The minimum atomic E-state index is -0.406. The summed E-state index contributed by atoms with van der Waals surface area (Å²) in [5.41, 5.74) is 4.48. The monoisotopic (exact) mass is 313 g/mol. The van der Waals surface area contributed by atoms with Gasteiger partial charge in [-0.3, -0.25) is 0 Å². The molecule has 0 amide bonds. The Balaban J connectivity index is 2.25. The second-order valence-electron chi connectivity index (χ2n) is 5.26. The molecule has 1 aliphatic heterocycles. The summed E-state index contributed by atoms with van der Waals surface area (Å²) in [4.78, 5) is 12.2. The first-order chi connectivity index (χ1) is 11.2. The number of nitrogens with one attached hydrogen (secondary N) is 1. The topological polar surface area (TPSA) is 56.8 Å². The number of anilines is 1. The van der Waals surface area contributed by atoms with Crippen LogP contribution >= 0.6 is 0 Å². The van der Waals surface area contributed by atoms with Crippen molar-refractivity contribution in [3.8, 4) is 22.6 Å². The molecule has 0 unspecified atom stereocenters. The summed E-state index contributed by atoms with van der Waals surface area (Å²) < 4.78 is 15.6. The van der Waals surface area contributed by atoms with Gasteiger partial charge in [-0.2, -0.15) is 0 Å². The maximum Gasteiger partial charge on any atom is 0.338 e. The third-order valence-corrected chi connectivity index (χ3v) is 4.07. The molecule has 1 N–H and O–H groups in total. The first-order valence-corrected chi connectivity index (χ1v) is 7.40. The second kappa shape index (κ2) is 6.20. The van der Waals surface area contributed by atoms with Crippen LogP contribution in [0.3, 0.4) is 0 Å². The molecule has 0 saturated carbocycles. The molecule has 3 rings (SSSR count). The third kappa shape index (κ3) is 2.59. The van der Waals surface area contributed by atoms with Crippen LogP contribution in [0, 0.1) is 0 Å². The van der Waals surface area contributed by atoms with Crippen LogP contribution in [0.2, 0.25) is 0 Å². The van der Waals surface area contributed by atoms with Crippen molar-refractivity contribution >= 4 is 11.7 Å². The van der Waals surface area contributed by atoms with E-state index in [0.29, 0.717) is 17.1 Å². The Morgan fingerprint density at radius 1 is 1.04 bits per heavy atom. The molecule has 0 atom stereocenters. The number of benzene rings is 2. The summed E-state index contributed by atoms with van der Waals surface area (Å²) in [7, 11) is 4.49. The molecular weight excluding hydrogens is 294 g/mol. The van der Waals surface area contributed by atoms with Gasteiger partial charge in [-0.25, -0.2) is 4.79 Å². The minimum Gasteiger partial charge on any atom is -0.493 e. The second-order valence-corrected chi connectivity index (χ2v) is 5.26. The maximum atomic E-state index is 12.2. The Hall–Kier alpha value is -2.69. The summed E-state index contributed by atoms with van der Waals surface area (Å²) in [5.74, 6) is 0.666. The highest BCUT2D eigenvalue weighted by molar-refractivity contribution is 6.00. The fourth-order valence-corrected chi connectivity index (χ4v) is 2.94. The van der Waals surface area contributed by atoms with Gasteiger partial charge in [0.25, 0.3) is 0 Å². The fraction of sp³-hybridized carbons (Fsp3) is 0.278. The Morgan fingerprint density at radius 2 is 1.78 bits per heavy atom. The highest BCUT2D eigenvalue weighted by Crippen LogP contribution is 2.41. The van der Waals surface area contributed by atoms with Crippen molar-refractivity contribution in [2.24, 2.45) is 0 Å². The van der Waals surface area contributed by atoms with Gasteiger partial charge in [-0.1, -0.05) is 18.2 Å². The predicted octanol–water partition coefficient (Wildman–Crippen LogP) is 3.13. The van der Waals surface area contributed by atoms with Crippen LogP contribution in [0.1, 0.15) is 15.9 Å². The summed E-state index contributed by atoms with van der Waals surface area (Å²) in [5, 5.41) is 3.39. The average molecular weight is 313 g/mol. The Morgan fingerprint density at radius 3 is 2.48 bits per heavy atom. The normalized spacial score (nSPS) is 12.3. The van der Waals surface area contributed by atoms with Crippen LogP contribution in [0.5, 0.6) is 11.5 Å². The number of ether oxygens (including phenoxy) is 3. The van der Waals surface area contributed by atoms with Crippen molar-refractivity contribution in [1.82, 2.24) is 0 Å². The van der Waals surface area contributed by atoms with Gasteiger partial charge in [0.1, 0.15) is 0 Å². The summed E-state index contributed by atoms with van der Waals surface area (Å²) >= 11 is 0. The molecule has 1 aliphatic rings. The van der Waals surface area contributed by atoms with Gasteiger partial charge in [0.2, 0.25) is 0 Å². The Bertz CT molecular complexity index is 755. The molecule has 2 aromatic rings. The lowest BCUT2D eigenvalue weighted by Crippen LogP contribution is -2.06. The van der Waals surface area contributed by atoms with Crippen LogP contribution in [-0.4, -0.2) is 33.8 Å². The number of hydrogen-bond donors (Lipinski definition) is 1. The van der Waals surface area contributed by atoms with E-state index in [1.54, 1.807) is 20.3 Å². The predicted molar refractivity (Wildman–Crippen MR) is 88.5 cm³/mol. The average Bonchev–Trinajstić information content (AvgIpc) is 3.08. The van der Waals surface area contributed by atoms with Crippen LogP contribution in [0.25, 0.3) is 11.1 Å². The van der Waals surface area contributed by atoms with E-state index < -0.39 is 5.97 Å². The molecule has 0 aliphatic carbocycles. The molecule has 0 aromatic heterocycles. The first kappa shape index (κ1) is 15.2. The molecule has 5 heteroatoms. The standard InChI is InChI=1S/C18H19NO4/c1-21-15-9-13(14(18(20)23-3)10-16(15)22-2)12-6-4-5-11-7-8-19-17(11)12/h4-6,9-10,19H,7-8H2,1-3H3. The van der Waals surface area contributed by atoms with E-state index in [9.17, 15) is 4.79 Å². The van der Waals surface area contributed by atoms with Crippen LogP contribution in [-0.2, 0) is 11.2 Å². The van der Waals surface area contributed by atoms with E-state index in [1.807, 2.05) is 18.2 Å². The van der Waals surface area contributed by atoms with Crippen molar-refractivity contribution in [1.29, 1.82) is 0 Å². The van der Waals surface area contributed by atoms with E-state index in [2.05, 4.69) is 11.4 Å². The summed E-state index contributed by atoms with van der Waals surface area (Å²) in [6, 6.07) is 9.57. The van der Waals surface area contributed by atoms with Crippen molar-refractivity contribution < 1.29 is 19.0 Å². The van der Waals surface area contributed by atoms with Crippen molar-refractivity contribution in [3.63, 3.8) is 0 Å². The Labute approximate surface area is 135 Å². The van der Waals surface area contributed by atoms with Crippen molar-refractivity contribution in [3.05, 3.63) is 41.5 Å². The van der Waals surface area contributed by atoms with Gasteiger partial charge in [0, 0.05) is 23.4 Å². The molecule has 0 saturated heterocycles. The van der Waals surface area contributed by atoms with E-state index in [0.717, 1.165) is 29.8 Å². The van der Waals surface area contributed by atoms with E-state index in [4.69, 9.17) is 14.2 Å². The molecule has 0 spiro atoms. The van der Waals surface area contributed by atoms with Gasteiger partial charge in [-0.15, -0.1) is 0 Å². The molecule has 5 nitrogen and oxygen atoms in total. The lowest BCUT2D eigenvalue weighted by atomic mass is 9.95. The van der Waals surface area contributed by atoms with Gasteiger partial charge in [-0.05, 0) is 24.1 Å². The maximum absolute atomic E-state index is 12.2. The minimum absolute atomic E-state index is 0.406. The molecule has 23 heavy (non-hydrogen) atoms. The van der Waals surface area contributed by atoms with Crippen LogP contribution in [0.4, 0.5) is 5.69 Å². The zero-order valence-corrected chi connectivity index (χ0v) is 13.4. The lowest BCUT2D eigenvalue weighted by Gasteiger charge is -2.16. The summed E-state index contributed by atoms with van der Waals surface area (Å²) in [6.45, 7) is 0.896. The first-order valence-electron chi connectivity index (χ1n) is 7.40. The highest BCUT2D eigenvalue weighted by atomic mass is 16.5. The highest BCUT2D eigenvalue weighted by Gasteiger charge is 2.22. The Kier molecular flexibility index (Phi) is 4.10. The van der Waals surface area contributed by atoms with Gasteiger partial charge in [0.05, 0.1) is 26.9 Å². The molecule has 0 fully saturated rings. The number of carbonyl (C=O) groups is 1. The van der Waals surface area contributed by atoms with Gasteiger partial charge >= 0.3 is 5.97 Å². The quantitative estimate of drug-likeness (QED) is 0.879. The zero-order chi connectivity index (χ0) is 16.4. The van der Waals surface area contributed by atoms with E-state index in [-0.39, 0.29) is 0 Å². The van der Waals surface area contributed by atoms with Gasteiger partial charge in [0.15, 0.2) is 11.5 Å². The largest absolute Gasteiger partial charge is 0.493 e.